The van der Waals surface area contributed by atoms with Crippen molar-refractivity contribution in [3.63, 3.8) is 0 Å². The average Bonchev–Trinajstić information content (AvgIpc) is 3.01. The second-order valence-electron chi connectivity index (χ2n) is 4.94. The number of nitrogens with one attached hydrogen (secondary N) is 1. The molecule has 0 radical (unpaired) electrons. The van der Waals surface area contributed by atoms with E-state index >= 15 is 0 Å². The van der Waals surface area contributed by atoms with Crippen molar-refractivity contribution in [1.82, 2.24) is 15.2 Å². The molecule has 2 heterocycles. The number of halogens is 1. The Morgan fingerprint density at radius 3 is 3.16 bits per heavy atom. The van der Waals surface area contributed by atoms with Crippen LogP contribution in [0.25, 0.3) is 0 Å². The van der Waals surface area contributed by atoms with E-state index in [1.54, 1.807) is 0 Å². The number of aryl methyl sites for hydroxylation is 2. The van der Waals surface area contributed by atoms with E-state index in [2.05, 4.69) is 37.9 Å². The third-order valence-electron chi connectivity index (χ3n) is 3.91. The molecule has 6 heteroatoms. The molecular weight excluding hydrogens is 324 g/mol. The molecule has 19 heavy (non-hydrogen) atoms. The Hall–Kier alpha value is -0.690. The summed E-state index contributed by atoms with van der Waals surface area (Å²) in [6.07, 6.45) is 5.42. The number of rotatable bonds is 3. The predicted molar refractivity (Wildman–Crippen MR) is 81.0 cm³/mol. The molecule has 3 rings (SSSR count). The third kappa shape index (κ3) is 2.27. The molecule has 1 aliphatic rings. The highest BCUT2D eigenvalue weighted by Gasteiger charge is 2.32. The van der Waals surface area contributed by atoms with Gasteiger partial charge in [0, 0.05) is 17.8 Å². The summed E-state index contributed by atoms with van der Waals surface area (Å²) in [4.78, 5) is 1.51. The van der Waals surface area contributed by atoms with Gasteiger partial charge >= 0.3 is 0 Å². The molecule has 2 aromatic heterocycles. The van der Waals surface area contributed by atoms with Gasteiger partial charge in [-0.2, -0.15) is 5.10 Å². The SMILES string of the molecule is Cn1ncc(Br)c1C(NN)C1CCCc2sccc21. The zero-order chi connectivity index (χ0) is 13.4. The van der Waals surface area contributed by atoms with Gasteiger partial charge in [-0.1, -0.05) is 0 Å². The van der Waals surface area contributed by atoms with Gasteiger partial charge in [0.25, 0.3) is 0 Å². The number of aromatic nitrogens is 2. The second kappa shape index (κ2) is 5.36. The number of hydrogen-bond donors (Lipinski definition) is 2. The van der Waals surface area contributed by atoms with Crippen molar-refractivity contribution < 1.29 is 0 Å². The fourth-order valence-electron chi connectivity index (χ4n) is 3.02. The quantitative estimate of drug-likeness (QED) is 0.667. The minimum Gasteiger partial charge on any atom is -0.271 e. The van der Waals surface area contributed by atoms with Crippen LogP contribution in [0.15, 0.2) is 22.1 Å². The molecule has 2 unspecified atom stereocenters. The first-order valence-corrected chi connectivity index (χ1v) is 8.09. The summed E-state index contributed by atoms with van der Waals surface area (Å²) in [5.74, 6) is 6.27. The largest absolute Gasteiger partial charge is 0.271 e. The summed E-state index contributed by atoms with van der Waals surface area (Å²) in [6.45, 7) is 0. The van der Waals surface area contributed by atoms with Gasteiger partial charge < -0.3 is 0 Å². The van der Waals surface area contributed by atoms with E-state index < -0.39 is 0 Å². The Labute approximate surface area is 125 Å². The topological polar surface area (TPSA) is 55.9 Å². The van der Waals surface area contributed by atoms with E-state index in [0.29, 0.717) is 5.92 Å². The normalized spacial score (nSPS) is 20.3. The number of fused-ring (bicyclic) bond motifs is 1. The maximum Gasteiger partial charge on any atom is 0.0712 e. The molecule has 1 aliphatic carbocycles. The first kappa shape index (κ1) is 13.3. The van der Waals surface area contributed by atoms with Crippen LogP contribution in [0.3, 0.4) is 0 Å². The van der Waals surface area contributed by atoms with E-state index in [-0.39, 0.29) is 6.04 Å². The molecule has 0 fully saturated rings. The van der Waals surface area contributed by atoms with Crippen molar-refractivity contribution in [3.05, 3.63) is 38.3 Å². The molecule has 0 spiro atoms. The maximum absolute atomic E-state index is 5.85. The van der Waals surface area contributed by atoms with Crippen LogP contribution >= 0.6 is 27.3 Å². The zero-order valence-corrected chi connectivity index (χ0v) is 13.2. The van der Waals surface area contributed by atoms with Crippen LogP contribution in [-0.4, -0.2) is 9.78 Å². The molecular formula is C13H17BrN4S. The van der Waals surface area contributed by atoms with Crippen LogP contribution in [0.5, 0.6) is 0 Å². The molecule has 3 N–H and O–H groups in total. The molecule has 0 saturated carbocycles. The molecule has 0 aromatic carbocycles. The lowest BCUT2D eigenvalue weighted by Gasteiger charge is -2.30. The summed E-state index contributed by atoms with van der Waals surface area (Å²) in [7, 11) is 1.96. The van der Waals surface area contributed by atoms with Gasteiger partial charge in [-0.05, 0) is 52.2 Å². The number of nitrogens with two attached hydrogens (primary N) is 1. The summed E-state index contributed by atoms with van der Waals surface area (Å²) >= 11 is 5.44. The van der Waals surface area contributed by atoms with E-state index in [9.17, 15) is 0 Å². The Balaban J connectivity index is 2.01. The number of nitrogens with zero attached hydrogens (tertiary/aromatic N) is 2. The van der Waals surface area contributed by atoms with Crippen molar-refractivity contribution in [2.45, 2.75) is 31.2 Å². The lowest BCUT2D eigenvalue weighted by molar-refractivity contribution is 0.390. The van der Waals surface area contributed by atoms with Gasteiger partial charge in [0.2, 0.25) is 0 Å². The van der Waals surface area contributed by atoms with Crippen molar-refractivity contribution in [2.75, 3.05) is 0 Å². The van der Waals surface area contributed by atoms with Crippen LogP contribution in [0.1, 0.15) is 40.9 Å². The van der Waals surface area contributed by atoms with E-state index in [1.807, 2.05) is 29.3 Å². The Morgan fingerprint density at radius 2 is 2.47 bits per heavy atom. The van der Waals surface area contributed by atoms with Gasteiger partial charge in [0.1, 0.15) is 0 Å². The highest BCUT2D eigenvalue weighted by Crippen LogP contribution is 2.43. The molecule has 2 atom stereocenters. The van der Waals surface area contributed by atoms with Crippen molar-refractivity contribution in [2.24, 2.45) is 12.9 Å². The zero-order valence-electron chi connectivity index (χ0n) is 10.8. The van der Waals surface area contributed by atoms with Crippen LogP contribution in [-0.2, 0) is 13.5 Å². The monoisotopic (exact) mass is 340 g/mol. The van der Waals surface area contributed by atoms with E-state index in [1.165, 1.54) is 23.3 Å². The van der Waals surface area contributed by atoms with Gasteiger partial charge in [-0.15, -0.1) is 11.3 Å². The first-order valence-electron chi connectivity index (χ1n) is 6.42. The highest BCUT2D eigenvalue weighted by molar-refractivity contribution is 9.10. The van der Waals surface area contributed by atoms with Crippen molar-refractivity contribution in [3.8, 4) is 0 Å². The fraction of sp³-hybridized carbons (Fsp3) is 0.462. The lowest BCUT2D eigenvalue weighted by Crippen LogP contribution is -2.35. The summed E-state index contributed by atoms with van der Waals surface area (Å²) < 4.78 is 2.91. The lowest BCUT2D eigenvalue weighted by atomic mass is 9.81. The maximum atomic E-state index is 5.85. The van der Waals surface area contributed by atoms with E-state index in [0.717, 1.165) is 16.6 Å². The smallest absolute Gasteiger partial charge is 0.0712 e. The van der Waals surface area contributed by atoms with E-state index in [4.69, 9.17) is 5.84 Å². The van der Waals surface area contributed by atoms with Gasteiger partial charge in [-0.25, -0.2) is 0 Å². The Kier molecular flexibility index (Phi) is 3.75. The third-order valence-corrected chi connectivity index (χ3v) is 5.52. The first-order chi connectivity index (χ1) is 9.22. The standard InChI is InChI=1S/C13H17BrN4S/c1-18-13(10(14)7-16-18)12(17-15)9-3-2-4-11-8(9)5-6-19-11/h5-7,9,12,17H,2-4,15H2,1H3. The number of hydrazine groups is 1. The van der Waals surface area contributed by atoms with Gasteiger partial charge in [0.15, 0.2) is 0 Å². The van der Waals surface area contributed by atoms with Gasteiger partial charge in [-0.3, -0.25) is 16.0 Å². The van der Waals surface area contributed by atoms with Crippen LogP contribution in [0.2, 0.25) is 0 Å². The summed E-state index contributed by atoms with van der Waals surface area (Å²) in [6, 6.07) is 2.34. The molecule has 4 nitrogen and oxygen atoms in total. The molecule has 0 saturated heterocycles. The number of hydrogen-bond acceptors (Lipinski definition) is 4. The molecule has 2 aromatic rings. The minimum atomic E-state index is 0.0931. The fourth-order valence-corrected chi connectivity index (χ4v) is 4.62. The predicted octanol–water partition coefficient (Wildman–Crippen LogP) is 2.87. The summed E-state index contributed by atoms with van der Waals surface area (Å²) in [5, 5.41) is 6.49. The molecule has 0 amide bonds. The van der Waals surface area contributed by atoms with Crippen molar-refractivity contribution in [1.29, 1.82) is 0 Å². The molecule has 0 bridgehead atoms. The van der Waals surface area contributed by atoms with Crippen LogP contribution < -0.4 is 11.3 Å². The second-order valence-corrected chi connectivity index (χ2v) is 6.80. The summed E-state index contributed by atoms with van der Waals surface area (Å²) in [5.41, 5.74) is 5.57. The Morgan fingerprint density at radius 1 is 1.63 bits per heavy atom. The highest BCUT2D eigenvalue weighted by atomic mass is 79.9. The van der Waals surface area contributed by atoms with Gasteiger partial charge in [0.05, 0.1) is 22.4 Å². The number of thiophene rings is 1. The molecule has 102 valence electrons. The molecule has 0 aliphatic heterocycles. The van der Waals surface area contributed by atoms with Crippen molar-refractivity contribution >= 4 is 27.3 Å². The average molecular weight is 341 g/mol. The van der Waals surface area contributed by atoms with Crippen LogP contribution in [0, 0.1) is 0 Å². The Bertz CT molecular complexity index is 557. The van der Waals surface area contributed by atoms with Crippen LogP contribution in [0.4, 0.5) is 0 Å². The minimum absolute atomic E-state index is 0.0931.